The number of H-pyrrole nitrogens is 1. The third kappa shape index (κ3) is 2.31. The quantitative estimate of drug-likeness (QED) is 0.795. The number of tetrazole rings is 1. The number of aromatic nitrogens is 5. The molecule has 2 N–H and O–H groups in total. The van der Waals surface area contributed by atoms with Gasteiger partial charge in [0, 0.05) is 12.4 Å². The molecule has 0 atom stereocenters. The van der Waals surface area contributed by atoms with Crippen LogP contribution in [0.25, 0.3) is 0 Å². The number of carbonyl (C=O) groups excluding carboxylic acids is 1. The van der Waals surface area contributed by atoms with Gasteiger partial charge in [-0.1, -0.05) is 16.8 Å². The van der Waals surface area contributed by atoms with Crippen LogP contribution in [-0.2, 0) is 6.54 Å². The molecule has 2 aromatic rings. The van der Waals surface area contributed by atoms with Crippen LogP contribution < -0.4 is 5.32 Å². The highest BCUT2D eigenvalue weighted by Crippen LogP contribution is 2.12. The van der Waals surface area contributed by atoms with Gasteiger partial charge in [0.15, 0.2) is 5.82 Å². The van der Waals surface area contributed by atoms with E-state index in [0.717, 1.165) is 0 Å². The van der Waals surface area contributed by atoms with Gasteiger partial charge in [-0.15, -0.1) is 10.2 Å². The van der Waals surface area contributed by atoms with Crippen molar-refractivity contribution >= 4 is 17.5 Å². The lowest BCUT2D eigenvalue weighted by molar-refractivity contribution is 0.0950. The molecule has 2 rings (SSSR count). The van der Waals surface area contributed by atoms with Crippen molar-refractivity contribution in [1.82, 2.24) is 30.9 Å². The number of aromatic amines is 1. The van der Waals surface area contributed by atoms with Crippen molar-refractivity contribution in [3.05, 3.63) is 34.9 Å². The molecule has 0 saturated carbocycles. The van der Waals surface area contributed by atoms with Crippen molar-refractivity contribution in [2.24, 2.45) is 0 Å². The number of rotatable bonds is 3. The molecule has 0 radical (unpaired) electrons. The first-order chi connectivity index (χ1) is 7.77. The maximum atomic E-state index is 11.7. The summed E-state index contributed by atoms with van der Waals surface area (Å²) in [5.74, 6) is 0.0933. The van der Waals surface area contributed by atoms with Gasteiger partial charge in [-0.3, -0.25) is 9.78 Å². The minimum Gasteiger partial charge on any atom is -0.345 e. The molecule has 82 valence electrons. The molecule has 16 heavy (non-hydrogen) atoms. The van der Waals surface area contributed by atoms with E-state index in [1.807, 2.05) is 0 Å². The largest absolute Gasteiger partial charge is 0.345 e. The van der Waals surface area contributed by atoms with E-state index in [1.165, 1.54) is 18.5 Å². The third-order valence-electron chi connectivity index (χ3n) is 1.81. The van der Waals surface area contributed by atoms with Crippen molar-refractivity contribution in [3.8, 4) is 0 Å². The summed E-state index contributed by atoms with van der Waals surface area (Å²) in [4.78, 5) is 15.4. The number of halogens is 1. The first-order valence-corrected chi connectivity index (χ1v) is 4.75. The Bertz CT molecular complexity index is 485. The van der Waals surface area contributed by atoms with Crippen LogP contribution in [0.4, 0.5) is 0 Å². The molecular formula is C8H7ClN6O. The molecule has 0 bridgehead atoms. The topological polar surface area (TPSA) is 96.5 Å². The molecule has 0 unspecified atom stereocenters. The van der Waals surface area contributed by atoms with Gasteiger partial charge in [0.2, 0.25) is 0 Å². The smallest absolute Gasteiger partial charge is 0.253 e. The molecule has 0 aliphatic rings. The molecule has 0 spiro atoms. The van der Waals surface area contributed by atoms with Crippen molar-refractivity contribution in [3.63, 3.8) is 0 Å². The lowest BCUT2D eigenvalue weighted by atomic mass is 10.2. The van der Waals surface area contributed by atoms with Crippen LogP contribution >= 0.6 is 11.6 Å². The normalized spacial score (nSPS) is 10.1. The molecule has 0 saturated heterocycles. The number of hydrogen-bond acceptors (Lipinski definition) is 5. The van der Waals surface area contributed by atoms with E-state index in [9.17, 15) is 4.79 Å². The Morgan fingerprint density at radius 3 is 3.12 bits per heavy atom. The summed E-state index contributed by atoms with van der Waals surface area (Å²) >= 11 is 5.81. The summed E-state index contributed by atoms with van der Waals surface area (Å²) in [6.45, 7) is 0.188. The summed E-state index contributed by atoms with van der Waals surface area (Å²) in [6, 6.07) is 1.54. The van der Waals surface area contributed by atoms with Gasteiger partial charge < -0.3 is 5.32 Å². The van der Waals surface area contributed by atoms with Crippen LogP contribution in [0.1, 0.15) is 16.2 Å². The van der Waals surface area contributed by atoms with Gasteiger partial charge in [0.25, 0.3) is 5.91 Å². The lowest BCUT2D eigenvalue weighted by Crippen LogP contribution is -2.23. The minimum atomic E-state index is -0.308. The second-order valence-corrected chi connectivity index (χ2v) is 3.27. The van der Waals surface area contributed by atoms with Crippen molar-refractivity contribution in [2.75, 3.05) is 0 Å². The van der Waals surface area contributed by atoms with Crippen molar-refractivity contribution < 1.29 is 4.79 Å². The fraction of sp³-hybridized carbons (Fsp3) is 0.125. The lowest BCUT2D eigenvalue weighted by Gasteiger charge is -2.03. The zero-order valence-corrected chi connectivity index (χ0v) is 8.77. The number of hydrogen-bond donors (Lipinski definition) is 2. The fourth-order valence-corrected chi connectivity index (χ4v) is 1.28. The predicted octanol–water partition coefficient (Wildman–Crippen LogP) is 0.178. The first-order valence-electron chi connectivity index (χ1n) is 4.37. The Morgan fingerprint density at radius 2 is 2.44 bits per heavy atom. The van der Waals surface area contributed by atoms with E-state index in [-0.39, 0.29) is 12.5 Å². The Morgan fingerprint density at radius 1 is 1.56 bits per heavy atom. The Balaban J connectivity index is 2.01. The molecule has 0 fully saturated rings. The summed E-state index contributed by atoms with van der Waals surface area (Å²) in [5.41, 5.74) is 0.361. The number of nitrogens with zero attached hydrogens (tertiary/aromatic N) is 4. The van der Waals surface area contributed by atoms with Gasteiger partial charge in [-0.05, 0) is 6.07 Å². The molecule has 7 nitrogen and oxygen atoms in total. The number of amides is 1. The Hall–Kier alpha value is -2.02. The molecule has 1 amide bonds. The molecule has 0 aliphatic heterocycles. The summed E-state index contributed by atoms with van der Waals surface area (Å²) in [7, 11) is 0. The zero-order chi connectivity index (χ0) is 11.4. The standard InChI is InChI=1S/C8H7ClN6O/c9-6-3-10-2-1-5(6)8(16)11-4-7-12-14-15-13-7/h1-3H,4H2,(H,11,16)(H,12,13,14,15). The van der Waals surface area contributed by atoms with E-state index >= 15 is 0 Å². The van der Waals surface area contributed by atoms with Crippen molar-refractivity contribution in [1.29, 1.82) is 0 Å². The van der Waals surface area contributed by atoms with Crippen LogP contribution in [0, 0.1) is 0 Å². The molecule has 2 aromatic heterocycles. The highest BCUT2D eigenvalue weighted by molar-refractivity contribution is 6.33. The van der Waals surface area contributed by atoms with Crippen LogP contribution in [-0.4, -0.2) is 31.5 Å². The third-order valence-corrected chi connectivity index (χ3v) is 2.11. The van der Waals surface area contributed by atoms with Gasteiger partial charge >= 0.3 is 0 Å². The van der Waals surface area contributed by atoms with Gasteiger partial charge in [0.05, 0.1) is 17.1 Å². The molecule has 2 heterocycles. The molecule has 0 aliphatic carbocycles. The average molecular weight is 239 g/mol. The molecule has 8 heteroatoms. The number of pyridine rings is 1. The maximum Gasteiger partial charge on any atom is 0.253 e. The number of nitrogens with one attached hydrogen (secondary N) is 2. The molecular weight excluding hydrogens is 232 g/mol. The van der Waals surface area contributed by atoms with Crippen LogP contribution in [0.5, 0.6) is 0 Å². The summed E-state index contributed by atoms with van der Waals surface area (Å²) < 4.78 is 0. The van der Waals surface area contributed by atoms with Crippen LogP contribution in [0.2, 0.25) is 5.02 Å². The van der Waals surface area contributed by atoms with Crippen LogP contribution in [0.15, 0.2) is 18.5 Å². The monoisotopic (exact) mass is 238 g/mol. The first kappa shape index (κ1) is 10.5. The van der Waals surface area contributed by atoms with Gasteiger partial charge in [-0.2, -0.15) is 5.21 Å². The molecule has 0 aromatic carbocycles. The van der Waals surface area contributed by atoms with E-state index in [2.05, 4.69) is 30.9 Å². The summed E-state index contributed by atoms with van der Waals surface area (Å²) in [6.07, 6.45) is 2.90. The fourth-order valence-electron chi connectivity index (χ4n) is 1.07. The SMILES string of the molecule is O=C(NCc1nn[nH]n1)c1ccncc1Cl. The Kier molecular flexibility index (Phi) is 3.06. The average Bonchev–Trinajstić information content (AvgIpc) is 2.79. The summed E-state index contributed by atoms with van der Waals surface area (Å²) in [5, 5.41) is 16.0. The van der Waals surface area contributed by atoms with Gasteiger partial charge in [0.1, 0.15) is 0 Å². The number of carbonyl (C=O) groups is 1. The zero-order valence-electron chi connectivity index (χ0n) is 8.01. The second kappa shape index (κ2) is 4.67. The van der Waals surface area contributed by atoms with Gasteiger partial charge in [-0.25, -0.2) is 0 Å². The predicted molar refractivity (Wildman–Crippen MR) is 54.6 cm³/mol. The highest BCUT2D eigenvalue weighted by atomic mass is 35.5. The highest BCUT2D eigenvalue weighted by Gasteiger charge is 2.10. The van der Waals surface area contributed by atoms with E-state index in [0.29, 0.717) is 16.4 Å². The van der Waals surface area contributed by atoms with Crippen molar-refractivity contribution in [2.45, 2.75) is 6.54 Å². The Labute approximate surface area is 95.2 Å². The van der Waals surface area contributed by atoms with E-state index in [4.69, 9.17) is 11.6 Å². The van der Waals surface area contributed by atoms with Crippen LogP contribution in [0.3, 0.4) is 0 Å². The van der Waals surface area contributed by atoms with E-state index in [1.54, 1.807) is 0 Å². The maximum absolute atomic E-state index is 11.7. The minimum absolute atomic E-state index is 0.188. The second-order valence-electron chi connectivity index (χ2n) is 2.87. The van der Waals surface area contributed by atoms with E-state index < -0.39 is 0 Å².